The Kier molecular flexibility index (Phi) is 5.52. The van der Waals surface area contributed by atoms with Crippen molar-refractivity contribution in [3.8, 4) is 0 Å². The molecule has 1 rings (SSSR count). The zero-order valence-corrected chi connectivity index (χ0v) is 8.33. The molecule has 0 bridgehead atoms. The van der Waals surface area contributed by atoms with Gasteiger partial charge in [0, 0.05) is 5.56 Å². The van der Waals surface area contributed by atoms with Crippen molar-refractivity contribution >= 4 is 24.1 Å². The van der Waals surface area contributed by atoms with Crippen LogP contribution in [0.5, 0.6) is 0 Å². The fourth-order valence-electron chi connectivity index (χ4n) is 0.853. The Hall–Kier alpha value is -1.39. The van der Waals surface area contributed by atoms with Crippen molar-refractivity contribution in [2.45, 2.75) is 0 Å². The van der Waals surface area contributed by atoms with Crippen LogP contribution in [0.15, 0.2) is 35.3 Å². The molecule has 0 saturated heterocycles. The Labute approximate surface area is 88.4 Å². The van der Waals surface area contributed by atoms with E-state index < -0.39 is 5.91 Å². The van der Waals surface area contributed by atoms with Gasteiger partial charge in [-0.15, -0.1) is 12.4 Å². The molecule has 0 unspecified atom stereocenters. The maximum atomic E-state index is 10.8. The van der Waals surface area contributed by atoms with Crippen LogP contribution in [0.2, 0.25) is 0 Å². The number of nitrogens with two attached hydrogens (primary N) is 2. The molecule has 14 heavy (non-hydrogen) atoms. The summed E-state index contributed by atoms with van der Waals surface area (Å²) in [5.74, 6) is -0.211. The number of rotatable bonds is 2. The molecule has 0 fully saturated rings. The summed E-state index contributed by atoms with van der Waals surface area (Å²) < 4.78 is 0. The molecule has 0 atom stereocenters. The molecule has 0 radical (unpaired) electrons. The number of carbonyl (C=O) groups excluding carboxylic acids is 1. The number of nitrogens with zero attached hydrogens (tertiary/aromatic N) is 1. The number of halogens is 1. The van der Waals surface area contributed by atoms with Crippen LogP contribution in [0.25, 0.3) is 0 Å². The zero-order chi connectivity index (χ0) is 9.68. The van der Waals surface area contributed by atoms with E-state index in [9.17, 15) is 4.79 Å². The molecule has 0 heterocycles. The van der Waals surface area contributed by atoms with Crippen molar-refractivity contribution in [3.05, 3.63) is 35.9 Å². The van der Waals surface area contributed by atoms with Crippen molar-refractivity contribution in [3.63, 3.8) is 0 Å². The van der Waals surface area contributed by atoms with Gasteiger partial charge in [0.2, 0.25) is 0 Å². The second-order valence-corrected chi connectivity index (χ2v) is 2.46. The highest BCUT2D eigenvalue weighted by atomic mass is 35.5. The average molecular weight is 214 g/mol. The lowest BCUT2D eigenvalue weighted by Crippen LogP contribution is -2.19. The van der Waals surface area contributed by atoms with E-state index in [0.717, 1.165) is 5.56 Å². The number of amidine groups is 1. The molecule has 0 saturated carbocycles. The monoisotopic (exact) mass is 213 g/mol. The van der Waals surface area contributed by atoms with Gasteiger partial charge < -0.3 is 11.5 Å². The van der Waals surface area contributed by atoms with Crippen LogP contribution in [0.4, 0.5) is 0 Å². The molecule has 4 N–H and O–H groups in total. The van der Waals surface area contributed by atoms with Crippen LogP contribution in [-0.4, -0.2) is 18.3 Å². The number of aliphatic imine (C=N–C) groups is 1. The van der Waals surface area contributed by atoms with Crippen LogP contribution < -0.4 is 11.5 Å². The molecular formula is C9H12ClN3O. The van der Waals surface area contributed by atoms with E-state index in [-0.39, 0.29) is 24.8 Å². The third-order valence-electron chi connectivity index (χ3n) is 1.49. The maximum absolute atomic E-state index is 10.8. The third-order valence-corrected chi connectivity index (χ3v) is 1.49. The fraction of sp³-hybridized carbons (Fsp3) is 0.111. The first kappa shape index (κ1) is 12.6. The van der Waals surface area contributed by atoms with E-state index in [1.54, 1.807) is 12.1 Å². The van der Waals surface area contributed by atoms with E-state index >= 15 is 0 Å². The lowest BCUT2D eigenvalue weighted by Gasteiger charge is -1.98. The normalized spacial score (nSPS) is 10.5. The molecule has 0 aromatic heterocycles. The highest BCUT2D eigenvalue weighted by Gasteiger charge is 1.99. The third kappa shape index (κ3) is 3.55. The number of hydrogen-bond donors (Lipinski definition) is 2. The minimum atomic E-state index is -0.415. The predicted octanol–water partition coefficient (Wildman–Crippen LogP) is 0.299. The Morgan fingerprint density at radius 3 is 2.36 bits per heavy atom. The van der Waals surface area contributed by atoms with E-state index in [2.05, 4.69) is 4.99 Å². The number of hydrogen-bond acceptors (Lipinski definition) is 2. The molecule has 1 aromatic carbocycles. The number of benzene rings is 1. The van der Waals surface area contributed by atoms with Crippen LogP contribution in [0.3, 0.4) is 0 Å². The van der Waals surface area contributed by atoms with E-state index in [0.29, 0.717) is 0 Å². The topological polar surface area (TPSA) is 81.5 Å². The molecule has 1 aromatic rings. The van der Waals surface area contributed by atoms with Gasteiger partial charge in [0.25, 0.3) is 5.91 Å². The SMILES string of the molecule is Cl.NCC(=O)N=C(N)c1ccccc1. The second-order valence-electron chi connectivity index (χ2n) is 2.46. The number of carbonyl (C=O) groups is 1. The van der Waals surface area contributed by atoms with Crippen molar-refractivity contribution < 1.29 is 4.79 Å². The first-order valence-corrected chi connectivity index (χ1v) is 3.86. The van der Waals surface area contributed by atoms with Crippen molar-refractivity contribution in [1.29, 1.82) is 0 Å². The molecular weight excluding hydrogens is 202 g/mol. The van der Waals surface area contributed by atoms with E-state index in [1.165, 1.54) is 0 Å². The largest absolute Gasteiger partial charge is 0.383 e. The zero-order valence-electron chi connectivity index (χ0n) is 7.51. The summed E-state index contributed by atoms with van der Waals surface area (Å²) in [5.41, 5.74) is 11.4. The summed E-state index contributed by atoms with van der Waals surface area (Å²) in [5, 5.41) is 0. The Morgan fingerprint density at radius 2 is 1.86 bits per heavy atom. The molecule has 4 nitrogen and oxygen atoms in total. The smallest absolute Gasteiger partial charge is 0.261 e. The van der Waals surface area contributed by atoms with E-state index in [4.69, 9.17) is 11.5 Å². The van der Waals surface area contributed by atoms with Gasteiger partial charge in [0.05, 0.1) is 6.54 Å². The molecule has 0 spiro atoms. The maximum Gasteiger partial charge on any atom is 0.261 e. The van der Waals surface area contributed by atoms with Gasteiger partial charge in [0.15, 0.2) is 0 Å². The van der Waals surface area contributed by atoms with Crippen molar-refractivity contribution in [2.75, 3.05) is 6.54 Å². The molecule has 76 valence electrons. The quantitative estimate of drug-likeness (QED) is 0.548. The van der Waals surface area contributed by atoms with Crippen LogP contribution in [0, 0.1) is 0 Å². The lowest BCUT2D eigenvalue weighted by atomic mass is 10.2. The van der Waals surface area contributed by atoms with Crippen molar-refractivity contribution in [2.24, 2.45) is 16.5 Å². The minimum Gasteiger partial charge on any atom is -0.383 e. The first-order chi connectivity index (χ1) is 6.24. The van der Waals surface area contributed by atoms with Gasteiger partial charge in [-0.3, -0.25) is 4.79 Å². The van der Waals surface area contributed by atoms with Gasteiger partial charge >= 0.3 is 0 Å². The van der Waals surface area contributed by atoms with Crippen molar-refractivity contribution in [1.82, 2.24) is 0 Å². The molecule has 0 aliphatic rings. The Bertz CT molecular complexity index is 324. The summed E-state index contributed by atoms with van der Waals surface area (Å²) in [6.45, 7) is -0.118. The van der Waals surface area contributed by atoms with Crippen LogP contribution >= 0.6 is 12.4 Å². The average Bonchev–Trinajstić information content (AvgIpc) is 2.19. The van der Waals surface area contributed by atoms with Crippen LogP contribution in [0.1, 0.15) is 5.56 Å². The fourth-order valence-corrected chi connectivity index (χ4v) is 0.853. The molecule has 0 aliphatic carbocycles. The number of amides is 1. The first-order valence-electron chi connectivity index (χ1n) is 3.86. The minimum absolute atomic E-state index is 0. The van der Waals surface area contributed by atoms with Gasteiger partial charge in [-0.25, -0.2) is 0 Å². The van der Waals surface area contributed by atoms with E-state index in [1.807, 2.05) is 18.2 Å². The van der Waals surface area contributed by atoms with Gasteiger partial charge in [-0.1, -0.05) is 30.3 Å². The summed E-state index contributed by atoms with van der Waals surface area (Å²) >= 11 is 0. The van der Waals surface area contributed by atoms with Gasteiger partial charge in [0.1, 0.15) is 5.84 Å². The standard InChI is InChI=1S/C9H11N3O.ClH/c10-6-8(13)12-9(11)7-4-2-1-3-5-7;/h1-5H,6,10H2,(H2,11,12,13);1H. The second kappa shape index (κ2) is 6.12. The highest BCUT2D eigenvalue weighted by molar-refractivity contribution is 6.04. The van der Waals surface area contributed by atoms with Crippen LogP contribution in [-0.2, 0) is 4.79 Å². The predicted molar refractivity (Wildman–Crippen MR) is 58.5 cm³/mol. The Morgan fingerprint density at radius 1 is 1.29 bits per heavy atom. The highest BCUT2D eigenvalue weighted by Crippen LogP contribution is 1.97. The lowest BCUT2D eigenvalue weighted by molar-refractivity contribution is -0.116. The van der Waals surface area contributed by atoms with Gasteiger partial charge in [-0.05, 0) is 0 Å². The summed E-state index contributed by atoms with van der Waals surface area (Å²) in [4.78, 5) is 14.4. The molecule has 1 amide bonds. The summed E-state index contributed by atoms with van der Waals surface area (Å²) in [6.07, 6.45) is 0. The summed E-state index contributed by atoms with van der Waals surface area (Å²) in [6, 6.07) is 9.07. The Balaban J connectivity index is 0.00000169. The molecule has 5 heteroatoms. The summed E-state index contributed by atoms with van der Waals surface area (Å²) in [7, 11) is 0. The van der Waals surface area contributed by atoms with Gasteiger partial charge in [-0.2, -0.15) is 4.99 Å². The molecule has 0 aliphatic heterocycles.